The summed E-state index contributed by atoms with van der Waals surface area (Å²) < 4.78 is 13.3. The van der Waals surface area contributed by atoms with Crippen LogP contribution in [0.4, 0.5) is 0 Å². The maximum atomic E-state index is 13.3. The van der Waals surface area contributed by atoms with Crippen LogP contribution in [0.15, 0.2) is 84.1 Å². The molecular weight excluding hydrogens is 330 g/mol. The van der Waals surface area contributed by atoms with E-state index in [1.54, 1.807) is 6.20 Å². The number of hydrogen-bond donors (Lipinski definition) is 1. The third kappa shape index (κ3) is 3.37. The van der Waals surface area contributed by atoms with Gasteiger partial charge in [0.15, 0.2) is 5.16 Å². The largest absolute Gasteiger partial charge is 0.331 e. The number of aromatic amines is 1. The highest BCUT2D eigenvalue weighted by Gasteiger charge is 2.24. The predicted octanol–water partition coefficient (Wildman–Crippen LogP) is 4.05. The van der Waals surface area contributed by atoms with Crippen LogP contribution in [0.3, 0.4) is 0 Å². The van der Waals surface area contributed by atoms with Crippen LogP contribution in [0.25, 0.3) is 11.0 Å². The highest BCUT2D eigenvalue weighted by molar-refractivity contribution is 7.85. The van der Waals surface area contributed by atoms with E-state index in [2.05, 4.69) is 15.0 Å². The normalized spacial score (nSPS) is 13.6. The lowest BCUT2D eigenvalue weighted by molar-refractivity contribution is 0.662. The van der Waals surface area contributed by atoms with E-state index in [0.717, 1.165) is 22.3 Å². The summed E-state index contributed by atoms with van der Waals surface area (Å²) in [5.74, 6) is 0. The van der Waals surface area contributed by atoms with Crippen molar-refractivity contribution in [2.45, 2.75) is 16.8 Å². The van der Waals surface area contributed by atoms with Crippen LogP contribution in [0.2, 0.25) is 0 Å². The van der Waals surface area contributed by atoms with Gasteiger partial charge in [-0.25, -0.2) is 4.98 Å². The minimum atomic E-state index is -1.33. The molecule has 4 rings (SSSR count). The Labute approximate surface area is 148 Å². The molecule has 0 saturated carbocycles. The van der Waals surface area contributed by atoms with Gasteiger partial charge < -0.3 is 4.98 Å². The lowest BCUT2D eigenvalue weighted by atomic mass is 10.1. The summed E-state index contributed by atoms with van der Waals surface area (Å²) in [5, 5.41) is 0.233. The van der Waals surface area contributed by atoms with E-state index in [4.69, 9.17) is 0 Å². The van der Waals surface area contributed by atoms with E-state index < -0.39 is 10.8 Å². The minimum absolute atomic E-state index is 0.260. The summed E-state index contributed by atoms with van der Waals surface area (Å²) in [7, 11) is -1.33. The van der Waals surface area contributed by atoms with Gasteiger partial charge in [0, 0.05) is 6.20 Å². The maximum absolute atomic E-state index is 13.3. The quantitative estimate of drug-likeness (QED) is 0.592. The number of pyridine rings is 1. The summed E-state index contributed by atoms with van der Waals surface area (Å²) in [4.78, 5) is 12.2. The second kappa shape index (κ2) is 6.99. The van der Waals surface area contributed by atoms with Gasteiger partial charge in [0.05, 0.1) is 32.8 Å². The molecule has 1 N–H and O–H groups in total. The molecule has 0 fully saturated rings. The molecule has 0 amide bonds. The number of H-pyrrole nitrogens is 1. The molecule has 0 aliphatic rings. The topological polar surface area (TPSA) is 58.6 Å². The number of imidazole rings is 1. The van der Waals surface area contributed by atoms with Gasteiger partial charge in [0.25, 0.3) is 0 Å². The number of rotatable bonds is 5. The number of benzene rings is 2. The van der Waals surface area contributed by atoms with Gasteiger partial charge in [-0.1, -0.05) is 48.5 Å². The number of aromatic nitrogens is 3. The van der Waals surface area contributed by atoms with Gasteiger partial charge in [-0.15, -0.1) is 0 Å². The fourth-order valence-corrected chi connectivity index (χ4v) is 4.21. The molecule has 2 atom stereocenters. The third-order valence-electron chi connectivity index (χ3n) is 4.10. The Bertz CT molecular complexity index is 966. The molecule has 25 heavy (non-hydrogen) atoms. The van der Waals surface area contributed by atoms with Crippen molar-refractivity contribution >= 4 is 21.8 Å². The Morgan fingerprint density at radius 2 is 1.68 bits per heavy atom. The Hall–Kier alpha value is -2.79. The van der Waals surface area contributed by atoms with Crippen LogP contribution in [-0.4, -0.2) is 19.2 Å². The predicted molar refractivity (Wildman–Crippen MR) is 99.6 cm³/mol. The summed E-state index contributed by atoms with van der Waals surface area (Å²) in [6.45, 7) is 0. The maximum Gasteiger partial charge on any atom is 0.198 e. The smallest absolute Gasteiger partial charge is 0.198 e. The van der Waals surface area contributed by atoms with Crippen molar-refractivity contribution < 1.29 is 4.21 Å². The Balaban J connectivity index is 1.72. The SMILES string of the molecule is O=S(c1nc2ccccc2[nH]1)C(Cc1ccccc1)c1ccccn1. The summed E-state index contributed by atoms with van der Waals surface area (Å²) in [6, 6.07) is 23.5. The van der Waals surface area contributed by atoms with Crippen molar-refractivity contribution in [1.29, 1.82) is 0 Å². The summed E-state index contributed by atoms with van der Waals surface area (Å²) in [6.07, 6.45) is 2.38. The third-order valence-corrected chi connectivity index (χ3v) is 5.60. The van der Waals surface area contributed by atoms with Crippen molar-refractivity contribution in [3.05, 3.63) is 90.3 Å². The van der Waals surface area contributed by atoms with Crippen molar-refractivity contribution in [2.75, 3.05) is 0 Å². The van der Waals surface area contributed by atoms with Gasteiger partial charge in [-0.3, -0.25) is 9.19 Å². The fraction of sp³-hybridized carbons (Fsp3) is 0.100. The number of hydrogen-bond acceptors (Lipinski definition) is 3. The van der Waals surface area contributed by atoms with Crippen molar-refractivity contribution in [2.24, 2.45) is 0 Å². The molecule has 124 valence electrons. The number of nitrogens with one attached hydrogen (secondary N) is 1. The van der Waals surface area contributed by atoms with Crippen LogP contribution < -0.4 is 0 Å². The first-order chi connectivity index (χ1) is 12.3. The molecule has 4 aromatic rings. The zero-order valence-electron chi connectivity index (χ0n) is 13.5. The first kappa shape index (κ1) is 15.7. The monoisotopic (exact) mass is 347 g/mol. The van der Waals surface area contributed by atoms with Crippen LogP contribution in [-0.2, 0) is 17.2 Å². The molecule has 4 nitrogen and oxygen atoms in total. The molecule has 2 heterocycles. The van der Waals surface area contributed by atoms with E-state index in [9.17, 15) is 4.21 Å². The highest BCUT2D eigenvalue weighted by atomic mass is 32.2. The number of nitrogens with zero attached hydrogens (tertiary/aromatic N) is 2. The zero-order chi connectivity index (χ0) is 17.1. The van der Waals surface area contributed by atoms with Crippen LogP contribution in [0.1, 0.15) is 16.5 Å². The highest BCUT2D eigenvalue weighted by Crippen LogP contribution is 2.27. The molecule has 2 aromatic heterocycles. The number of para-hydroxylation sites is 2. The Morgan fingerprint density at radius 1 is 0.920 bits per heavy atom. The molecule has 0 bridgehead atoms. The van der Waals surface area contributed by atoms with Gasteiger partial charge in [0.1, 0.15) is 0 Å². The summed E-state index contributed by atoms with van der Waals surface area (Å²) >= 11 is 0. The van der Waals surface area contributed by atoms with Crippen molar-refractivity contribution in [3.8, 4) is 0 Å². The average Bonchev–Trinajstić information content (AvgIpc) is 3.11. The minimum Gasteiger partial charge on any atom is -0.331 e. The molecule has 0 spiro atoms. The lowest BCUT2D eigenvalue weighted by Crippen LogP contribution is -2.13. The molecule has 0 radical (unpaired) electrons. The van der Waals surface area contributed by atoms with Crippen LogP contribution >= 0.6 is 0 Å². The van der Waals surface area contributed by atoms with Crippen LogP contribution in [0.5, 0.6) is 0 Å². The first-order valence-electron chi connectivity index (χ1n) is 8.11. The van der Waals surface area contributed by atoms with E-state index in [1.807, 2.05) is 72.8 Å². The molecule has 0 aliphatic heterocycles. The van der Waals surface area contributed by atoms with E-state index in [-0.39, 0.29) is 5.25 Å². The molecule has 0 aliphatic carbocycles. The first-order valence-corrected chi connectivity index (χ1v) is 9.33. The fourth-order valence-electron chi connectivity index (χ4n) is 2.84. The van der Waals surface area contributed by atoms with E-state index in [0.29, 0.717) is 11.6 Å². The zero-order valence-corrected chi connectivity index (χ0v) is 14.3. The molecule has 2 unspecified atom stereocenters. The molecule has 0 saturated heterocycles. The Kier molecular flexibility index (Phi) is 4.39. The van der Waals surface area contributed by atoms with Gasteiger partial charge in [0.2, 0.25) is 0 Å². The van der Waals surface area contributed by atoms with Gasteiger partial charge >= 0.3 is 0 Å². The molecular formula is C20H17N3OS. The second-order valence-electron chi connectivity index (χ2n) is 5.79. The molecule has 5 heteroatoms. The van der Waals surface area contributed by atoms with Crippen LogP contribution in [0, 0.1) is 0 Å². The average molecular weight is 347 g/mol. The van der Waals surface area contributed by atoms with Crippen molar-refractivity contribution in [3.63, 3.8) is 0 Å². The van der Waals surface area contributed by atoms with Gasteiger partial charge in [-0.05, 0) is 36.2 Å². The van der Waals surface area contributed by atoms with E-state index in [1.165, 1.54) is 0 Å². The lowest BCUT2D eigenvalue weighted by Gasteiger charge is -2.15. The standard InChI is InChI=1S/C20H17N3OS/c24-25(20-22-16-10-4-5-11-17(16)23-20)19(18-12-6-7-13-21-18)14-15-8-2-1-3-9-15/h1-13,19H,14H2,(H,22,23). The Morgan fingerprint density at radius 3 is 2.44 bits per heavy atom. The van der Waals surface area contributed by atoms with E-state index >= 15 is 0 Å². The van der Waals surface area contributed by atoms with Gasteiger partial charge in [-0.2, -0.15) is 0 Å². The second-order valence-corrected chi connectivity index (χ2v) is 7.34. The van der Waals surface area contributed by atoms with Crippen molar-refractivity contribution in [1.82, 2.24) is 15.0 Å². The number of fused-ring (bicyclic) bond motifs is 1. The molecule has 2 aromatic carbocycles. The summed E-state index contributed by atoms with van der Waals surface area (Å²) in [5.41, 5.74) is 3.66.